The van der Waals surface area contributed by atoms with E-state index in [-0.39, 0.29) is 5.78 Å². The standard InChI is InChI=1S/C15H20BrNO/c1-10(2)9-17(13-5-6-13)15-8-12(16)4-7-14(15)11(3)18/h4,7-8,10,13H,5-6,9H2,1-3H3. The molecule has 18 heavy (non-hydrogen) atoms. The molecule has 0 amide bonds. The average molecular weight is 310 g/mol. The van der Waals surface area contributed by atoms with Crippen molar-refractivity contribution in [2.24, 2.45) is 5.92 Å². The minimum Gasteiger partial charge on any atom is -0.368 e. The van der Waals surface area contributed by atoms with Gasteiger partial charge < -0.3 is 4.90 Å². The topological polar surface area (TPSA) is 20.3 Å². The maximum atomic E-state index is 11.8. The van der Waals surface area contributed by atoms with Crippen LogP contribution in [0.1, 0.15) is 44.0 Å². The van der Waals surface area contributed by atoms with Crippen LogP contribution in [0.15, 0.2) is 22.7 Å². The van der Waals surface area contributed by atoms with Crippen LogP contribution in [0, 0.1) is 5.92 Å². The van der Waals surface area contributed by atoms with Gasteiger partial charge in [-0.05, 0) is 43.9 Å². The Hall–Kier alpha value is -0.830. The van der Waals surface area contributed by atoms with Crippen molar-refractivity contribution >= 4 is 27.4 Å². The van der Waals surface area contributed by atoms with Crippen LogP contribution in [0.4, 0.5) is 5.69 Å². The Bertz CT molecular complexity index is 452. The van der Waals surface area contributed by atoms with Gasteiger partial charge in [0.2, 0.25) is 0 Å². The molecular formula is C15H20BrNO. The van der Waals surface area contributed by atoms with Crippen LogP contribution in [-0.4, -0.2) is 18.4 Å². The number of nitrogens with zero attached hydrogens (tertiary/aromatic N) is 1. The van der Waals surface area contributed by atoms with Crippen LogP contribution < -0.4 is 4.90 Å². The van der Waals surface area contributed by atoms with Crippen LogP contribution in [0.2, 0.25) is 0 Å². The van der Waals surface area contributed by atoms with Crippen molar-refractivity contribution in [2.75, 3.05) is 11.4 Å². The maximum Gasteiger partial charge on any atom is 0.161 e. The number of rotatable bonds is 5. The molecule has 1 aliphatic carbocycles. The second kappa shape index (κ2) is 5.43. The van der Waals surface area contributed by atoms with Crippen LogP contribution in [0.25, 0.3) is 0 Å². The Morgan fingerprint density at radius 1 is 1.44 bits per heavy atom. The van der Waals surface area contributed by atoms with Crippen molar-refractivity contribution in [1.29, 1.82) is 0 Å². The van der Waals surface area contributed by atoms with Gasteiger partial charge in [-0.25, -0.2) is 0 Å². The highest BCUT2D eigenvalue weighted by Gasteiger charge is 2.31. The summed E-state index contributed by atoms with van der Waals surface area (Å²) in [6.45, 7) is 7.11. The van der Waals surface area contributed by atoms with Crippen molar-refractivity contribution in [2.45, 2.75) is 39.7 Å². The van der Waals surface area contributed by atoms with Gasteiger partial charge in [0.15, 0.2) is 5.78 Å². The number of halogens is 1. The molecule has 1 aromatic rings. The van der Waals surface area contributed by atoms with Gasteiger partial charge in [0, 0.05) is 28.3 Å². The smallest absolute Gasteiger partial charge is 0.161 e. The highest BCUT2D eigenvalue weighted by atomic mass is 79.9. The SMILES string of the molecule is CC(=O)c1ccc(Br)cc1N(CC(C)C)C1CC1. The summed E-state index contributed by atoms with van der Waals surface area (Å²) >= 11 is 3.51. The van der Waals surface area contributed by atoms with Gasteiger partial charge in [-0.15, -0.1) is 0 Å². The second-order valence-electron chi connectivity index (χ2n) is 5.50. The van der Waals surface area contributed by atoms with Gasteiger partial charge in [0.1, 0.15) is 0 Å². The van der Waals surface area contributed by atoms with E-state index >= 15 is 0 Å². The number of carbonyl (C=O) groups excluding carboxylic acids is 1. The molecular weight excluding hydrogens is 290 g/mol. The first-order valence-electron chi connectivity index (χ1n) is 6.56. The van der Waals surface area contributed by atoms with Crippen molar-refractivity contribution < 1.29 is 4.79 Å². The lowest BCUT2D eigenvalue weighted by atomic mass is 10.1. The Morgan fingerprint density at radius 3 is 2.61 bits per heavy atom. The number of Topliss-reactive ketones (excluding diaryl/α,β-unsaturated/α-hetero) is 1. The van der Waals surface area contributed by atoms with Crippen molar-refractivity contribution in [3.8, 4) is 0 Å². The van der Waals surface area contributed by atoms with E-state index in [0.717, 1.165) is 22.3 Å². The van der Waals surface area contributed by atoms with Gasteiger partial charge in [-0.2, -0.15) is 0 Å². The third-order valence-corrected chi connectivity index (χ3v) is 3.69. The fourth-order valence-electron chi connectivity index (χ4n) is 2.26. The quantitative estimate of drug-likeness (QED) is 0.757. The average Bonchev–Trinajstić information content (AvgIpc) is 3.08. The monoisotopic (exact) mass is 309 g/mol. The summed E-state index contributed by atoms with van der Waals surface area (Å²) in [7, 11) is 0. The molecule has 2 nitrogen and oxygen atoms in total. The fraction of sp³-hybridized carbons (Fsp3) is 0.533. The summed E-state index contributed by atoms with van der Waals surface area (Å²) in [5, 5.41) is 0. The number of benzene rings is 1. The molecule has 0 heterocycles. The zero-order valence-corrected chi connectivity index (χ0v) is 12.8. The van der Waals surface area contributed by atoms with Gasteiger partial charge in [-0.1, -0.05) is 29.8 Å². The molecule has 0 bridgehead atoms. The molecule has 0 aliphatic heterocycles. The third kappa shape index (κ3) is 3.14. The molecule has 1 aromatic carbocycles. The number of hydrogen-bond acceptors (Lipinski definition) is 2. The number of carbonyl (C=O) groups is 1. The lowest BCUT2D eigenvalue weighted by molar-refractivity contribution is 0.101. The van der Waals surface area contributed by atoms with Crippen molar-refractivity contribution in [3.63, 3.8) is 0 Å². The van der Waals surface area contributed by atoms with Crippen molar-refractivity contribution in [1.82, 2.24) is 0 Å². The Balaban J connectivity index is 2.38. The molecule has 0 aromatic heterocycles. The van der Waals surface area contributed by atoms with Crippen LogP contribution >= 0.6 is 15.9 Å². The van der Waals surface area contributed by atoms with Gasteiger partial charge in [-0.3, -0.25) is 4.79 Å². The van der Waals surface area contributed by atoms with E-state index in [9.17, 15) is 4.79 Å². The van der Waals surface area contributed by atoms with E-state index in [0.29, 0.717) is 12.0 Å². The second-order valence-corrected chi connectivity index (χ2v) is 6.41. The third-order valence-electron chi connectivity index (χ3n) is 3.20. The summed E-state index contributed by atoms with van der Waals surface area (Å²) in [5.74, 6) is 0.747. The van der Waals surface area contributed by atoms with E-state index in [1.807, 2.05) is 12.1 Å². The lowest BCUT2D eigenvalue weighted by Gasteiger charge is -2.28. The van der Waals surface area contributed by atoms with E-state index < -0.39 is 0 Å². The Labute approximate surface area is 117 Å². The van der Waals surface area contributed by atoms with Gasteiger partial charge in [0.05, 0.1) is 0 Å². The molecule has 2 rings (SSSR count). The summed E-state index contributed by atoms with van der Waals surface area (Å²) in [6.07, 6.45) is 2.49. The van der Waals surface area contributed by atoms with Crippen LogP contribution in [-0.2, 0) is 0 Å². The minimum absolute atomic E-state index is 0.145. The predicted molar refractivity (Wildman–Crippen MR) is 79.4 cm³/mol. The van der Waals surface area contributed by atoms with Crippen LogP contribution in [0.3, 0.4) is 0 Å². The molecule has 0 saturated heterocycles. The highest BCUT2D eigenvalue weighted by Crippen LogP contribution is 2.35. The lowest BCUT2D eigenvalue weighted by Crippen LogP contribution is -2.31. The molecule has 0 spiro atoms. The van der Waals surface area contributed by atoms with Crippen LogP contribution in [0.5, 0.6) is 0 Å². The summed E-state index contributed by atoms with van der Waals surface area (Å²) in [6, 6.07) is 6.58. The molecule has 0 N–H and O–H groups in total. The normalized spacial score (nSPS) is 14.9. The molecule has 0 atom stereocenters. The fourth-order valence-corrected chi connectivity index (χ4v) is 2.61. The molecule has 98 valence electrons. The highest BCUT2D eigenvalue weighted by molar-refractivity contribution is 9.10. The number of hydrogen-bond donors (Lipinski definition) is 0. The molecule has 1 aliphatic rings. The summed E-state index contributed by atoms with van der Waals surface area (Å²) < 4.78 is 1.04. The Morgan fingerprint density at radius 2 is 2.11 bits per heavy atom. The zero-order chi connectivity index (χ0) is 13.3. The largest absolute Gasteiger partial charge is 0.368 e. The van der Waals surface area contributed by atoms with E-state index in [1.165, 1.54) is 12.8 Å². The first-order valence-corrected chi connectivity index (χ1v) is 7.35. The number of ketones is 1. The number of anilines is 1. The molecule has 0 unspecified atom stereocenters. The molecule has 1 saturated carbocycles. The predicted octanol–water partition coefficient (Wildman–Crippen LogP) is 4.28. The van der Waals surface area contributed by atoms with Gasteiger partial charge in [0.25, 0.3) is 0 Å². The van der Waals surface area contributed by atoms with E-state index in [2.05, 4.69) is 40.7 Å². The van der Waals surface area contributed by atoms with Gasteiger partial charge >= 0.3 is 0 Å². The van der Waals surface area contributed by atoms with E-state index in [1.54, 1.807) is 6.92 Å². The summed E-state index contributed by atoms with van der Waals surface area (Å²) in [4.78, 5) is 14.2. The molecule has 1 fully saturated rings. The zero-order valence-electron chi connectivity index (χ0n) is 11.2. The molecule has 0 radical (unpaired) electrons. The van der Waals surface area contributed by atoms with E-state index in [4.69, 9.17) is 0 Å². The summed E-state index contributed by atoms with van der Waals surface area (Å²) in [5.41, 5.74) is 1.93. The Kier molecular flexibility index (Phi) is 4.10. The first-order chi connectivity index (χ1) is 8.49. The van der Waals surface area contributed by atoms with Crippen molar-refractivity contribution in [3.05, 3.63) is 28.2 Å². The minimum atomic E-state index is 0.145. The first kappa shape index (κ1) is 13.6. The molecule has 3 heteroatoms. The maximum absolute atomic E-state index is 11.8.